The fourth-order valence-electron chi connectivity index (χ4n) is 2.01. The van der Waals surface area contributed by atoms with E-state index in [4.69, 9.17) is 0 Å². The molecule has 0 aromatic heterocycles. The van der Waals surface area contributed by atoms with Gasteiger partial charge in [-0.1, -0.05) is 43.7 Å². The van der Waals surface area contributed by atoms with E-state index in [2.05, 4.69) is 41.8 Å². The van der Waals surface area contributed by atoms with Crippen LogP contribution in [0.5, 0.6) is 0 Å². The van der Waals surface area contributed by atoms with Gasteiger partial charge in [0.15, 0.2) is 0 Å². The van der Waals surface area contributed by atoms with Crippen molar-refractivity contribution in [1.82, 2.24) is 10.6 Å². The third kappa shape index (κ3) is 5.32. The highest BCUT2D eigenvalue weighted by atomic mass is 16.1. The van der Waals surface area contributed by atoms with Crippen LogP contribution in [0.15, 0.2) is 30.3 Å². The van der Waals surface area contributed by atoms with Crippen LogP contribution in [0.4, 0.5) is 0 Å². The lowest BCUT2D eigenvalue weighted by Crippen LogP contribution is -2.29. The molecule has 1 unspecified atom stereocenters. The number of carbonyl (C=O) groups excluding carboxylic acids is 1. The Morgan fingerprint density at radius 2 is 1.94 bits per heavy atom. The lowest BCUT2D eigenvalue weighted by atomic mass is 10.0. The van der Waals surface area contributed by atoms with E-state index >= 15 is 0 Å². The van der Waals surface area contributed by atoms with Crippen LogP contribution in [0.2, 0.25) is 0 Å². The molecule has 1 aromatic carbocycles. The molecule has 0 aliphatic carbocycles. The predicted octanol–water partition coefficient (Wildman–Crippen LogP) is 2.64. The Balaban J connectivity index is 2.42. The molecule has 0 saturated carbocycles. The van der Waals surface area contributed by atoms with Crippen LogP contribution < -0.4 is 10.6 Å². The summed E-state index contributed by atoms with van der Waals surface area (Å²) in [6.45, 7) is 5.55. The third-order valence-electron chi connectivity index (χ3n) is 2.90. The molecular formula is C15H24N2O. The van der Waals surface area contributed by atoms with E-state index in [1.54, 1.807) is 0 Å². The molecule has 100 valence electrons. The van der Waals surface area contributed by atoms with Gasteiger partial charge < -0.3 is 10.6 Å². The maximum absolute atomic E-state index is 11.4. The van der Waals surface area contributed by atoms with E-state index in [9.17, 15) is 4.79 Å². The second-order valence-electron chi connectivity index (χ2n) is 4.41. The Hall–Kier alpha value is -1.35. The minimum absolute atomic E-state index is 0.119. The molecule has 0 saturated heterocycles. The molecular weight excluding hydrogens is 224 g/mol. The molecule has 1 rings (SSSR count). The lowest BCUT2D eigenvalue weighted by molar-refractivity contribution is -0.120. The van der Waals surface area contributed by atoms with E-state index in [0.29, 0.717) is 19.0 Å². The molecule has 1 amide bonds. The molecule has 2 N–H and O–H groups in total. The lowest BCUT2D eigenvalue weighted by Gasteiger charge is -2.18. The molecule has 0 radical (unpaired) electrons. The highest BCUT2D eigenvalue weighted by molar-refractivity contribution is 5.75. The van der Waals surface area contributed by atoms with Crippen molar-refractivity contribution in [3.8, 4) is 0 Å². The maximum atomic E-state index is 11.4. The molecule has 0 aliphatic heterocycles. The molecule has 0 heterocycles. The number of hydrogen-bond acceptors (Lipinski definition) is 2. The van der Waals surface area contributed by atoms with E-state index in [1.807, 2.05) is 13.0 Å². The Morgan fingerprint density at radius 3 is 2.56 bits per heavy atom. The fraction of sp³-hybridized carbons (Fsp3) is 0.533. The Bertz CT molecular complexity index is 338. The monoisotopic (exact) mass is 248 g/mol. The standard InChI is InChI=1S/C15H24N2O/c1-3-8-14(13-9-6-5-7-10-13)17-12-11-15(18)16-4-2/h5-7,9-10,14,17H,3-4,8,11-12H2,1-2H3,(H,16,18). The molecule has 1 aromatic rings. The van der Waals surface area contributed by atoms with Crippen LogP contribution in [-0.2, 0) is 4.79 Å². The first-order chi connectivity index (χ1) is 8.77. The highest BCUT2D eigenvalue weighted by Crippen LogP contribution is 2.17. The predicted molar refractivity (Wildman–Crippen MR) is 75.4 cm³/mol. The van der Waals surface area contributed by atoms with Crippen LogP contribution in [0, 0.1) is 0 Å². The maximum Gasteiger partial charge on any atom is 0.221 e. The molecule has 3 nitrogen and oxygen atoms in total. The van der Waals surface area contributed by atoms with Crippen molar-refractivity contribution in [2.24, 2.45) is 0 Å². The quantitative estimate of drug-likeness (QED) is 0.742. The average molecular weight is 248 g/mol. The van der Waals surface area contributed by atoms with Gasteiger partial charge in [-0.2, -0.15) is 0 Å². The number of rotatable bonds is 8. The zero-order valence-electron chi connectivity index (χ0n) is 11.4. The summed E-state index contributed by atoms with van der Waals surface area (Å²) in [5.74, 6) is 0.119. The second kappa shape index (κ2) is 8.70. The molecule has 0 aliphatic rings. The van der Waals surface area contributed by atoms with Crippen molar-refractivity contribution in [1.29, 1.82) is 0 Å². The summed E-state index contributed by atoms with van der Waals surface area (Å²) in [6, 6.07) is 10.8. The summed E-state index contributed by atoms with van der Waals surface area (Å²) in [4.78, 5) is 11.4. The number of benzene rings is 1. The van der Waals surface area contributed by atoms with Crippen molar-refractivity contribution < 1.29 is 4.79 Å². The second-order valence-corrected chi connectivity index (χ2v) is 4.41. The fourth-order valence-corrected chi connectivity index (χ4v) is 2.01. The van der Waals surface area contributed by atoms with E-state index in [-0.39, 0.29) is 5.91 Å². The Morgan fingerprint density at radius 1 is 1.22 bits per heavy atom. The first kappa shape index (κ1) is 14.7. The minimum atomic E-state index is 0.119. The van der Waals surface area contributed by atoms with Gasteiger partial charge in [-0.3, -0.25) is 4.79 Å². The Kier molecular flexibility index (Phi) is 7.11. The molecule has 18 heavy (non-hydrogen) atoms. The van der Waals surface area contributed by atoms with Crippen LogP contribution in [0.25, 0.3) is 0 Å². The van der Waals surface area contributed by atoms with Gasteiger partial charge in [0.05, 0.1) is 0 Å². The van der Waals surface area contributed by atoms with Crippen molar-refractivity contribution >= 4 is 5.91 Å². The van der Waals surface area contributed by atoms with Gasteiger partial charge in [0.25, 0.3) is 0 Å². The van der Waals surface area contributed by atoms with Crippen molar-refractivity contribution in [3.63, 3.8) is 0 Å². The zero-order valence-corrected chi connectivity index (χ0v) is 11.4. The van der Waals surface area contributed by atoms with Crippen LogP contribution in [0.1, 0.15) is 44.7 Å². The van der Waals surface area contributed by atoms with Gasteiger partial charge in [0.1, 0.15) is 0 Å². The summed E-state index contributed by atoms with van der Waals surface area (Å²) in [5.41, 5.74) is 1.30. The molecule has 1 atom stereocenters. The summed E-state index contributed by atoms with van der Waals surface area (Å²) in [6.07, 6.45) is 2.77. The van der Waals surface area contributed by atoms with Gasteiger partial charge in [-0.05, 0) is 18.9 Å². The van der Waals surface area contributed by atoms with E-state index < -0.39 is 0 Å². The minimum Gasteiger partial charge on any atom is -0.356 e. The number of carbonyl (C=O) groups is 1. The topological polar surface area (TPSA) is 41.1 Å². The van der Waals surface area contributed by atoms with E-state index in [1.165, 1.54) is 5.56 Å². The first-order valence-corrected chi connectivity index (χ1v) is 6.83. The van der Waals surface area contributed by atoms with Gasteiger partial charge >= 0.3 is 0 Å². The molecule has 0 spiro atoms. The molecule has 3 heteroatoms. The average Bonchev–Trinajstić information content (AvgIpc) is 2.39. The third-order valence-corrected chi connectivity index (χ3v) is 2.90. The zero-order chi connectivity index (χ0) is 13.2. The van der Waals surface area contributed by atoms with Gasteiger partial charge in [-0.25, -0.2) is 0 Å². The number of hydrogen-bond donors (Lipinski definition) is 2. The number of nitrogens with one attached hydrogen (secondary N) is 2. The summed E-state index contributed by atoms with van der Waals surface area (Å²) >= 11 is 0. The van der Waals surface area contributed by atoms with Crippen molar-refractivity contribution in [2.75, 3.05) is 13.1 Å². The Labute approximate surface area is 110 Å². The van der Waals surface area contributed by atoms with Crippen LogP contribution in [0.3, 0.4) is 0 Å². The summed E-state index contributed by atoms with van der Waals surface area (Å²) in [5, 5.41) is 6.28. The summed E-state index contributed by atoms with van der Waals surface area (Å²) < 4.78 is 0. The van der Waals surface area contributed by atoms with E-state index in [0.717, 1.165) is 19.4 Å². The summed E-state index contributed by atoms with van der Waals surface area (Å²) in [7, 11) is 0. The van der Waals surface area contributed by atoms with Crippen LogP contribution >= 0.6 is 0 Å². The highest BCUT2D eigenvalue weighted by Gasteiger charge is 2.09. The van der Waals surface area contributed by atoms with Crippen molar-refractivity contribution in [2.45, 2.75) is 39.2 Å². The van der Waals surface area contributed by atoms with Gasteiger partial charge in [0, 0.05) is 25.6 Å². The van der Waals surface area contributed by atoms with Crippen molar-refractivity contribution in [3.05, 3.63) is 35.9 Å². The van der Waals surface area contributed by atoms with Crippen LogP contribution in [-0.4, -0.2) is 19.0 Å². The normalized spacial score (nSPS) is 12.1. The largest absolute Gasteiger partial charge is 0.356 e. The molecule has 0 fully saturated rings. The van der Waals surface area contributed by atoms with Gasteiger partial charge in [0.2, 0.25) is 5.91 Å². The van der Waals surface area contributed by atoms with Gasteiger partial charge in [-0.15, -0.1) is 0 Å². The molecule has 0 bridgehead atoms. The smallest absolute Gasteiger partial charge is 0.221 e. The number of amides is 1. The SMILES string of the molecule is CCCC(NCCC(=O)NCC)c1ccccc1. The first-order valence-electron chi connectivity index (χ1n) is 6.83.